The van der Waals surface area contributed by atoms with Gasteiger partial charge in [0.25, 0.3) is 0 Å². The minimum atomic E-state index is -0.817. The van der Waals surface area contributed by atoms with Crippen LogP contribution in [0.5, 0.6) is 5.75 Å². The van der Waals surface area contributed by atoms with Crippen molar-refractivity contribution in [3.63, 3.8) is 0 Å². The Morgan fingerprint density at radius 3 is 2.44 bits per heavy atom. The maximum absolute atomic E-state index is 13.3. The predicted molar refractivity (Wildman–Crippen MR) is 67.4 cm³/mol. The smallest absolute Gasteiger partial charge is 0.428 e. The average molecular weight is 254 g/mol. The van der Waals surface area contributed by atoms with Crippen molar-refractivity contribution < 1.29 is 18.7 Å². The summed E-state index contributed by atoms with van der Waals surface area (Å²) in [5.74, 6) is -0.201. The summed E-state index contributed by atoms with van der Waals surface area (Å²) in [6, 6.07) is 2.62. The Morgan fingerprint density at radius 1 is 1.33 bits per heavy atom. The predicted octanol–water partition coefficient (Wildman–Crippen LogP) is 4.01. The summed E-state index contributed by atoms with van der Waals surface area (Å²) in [6.07, 6.45) is -0.160. The summed E-state index contributed by atoms with van der Waals surface area (Å²) in [4.78, 5) is 11.6. The Hall–Kier alpha value is -1.58. The Balaban J connectivity index is 2.93. The maximum Gasteiger partial charge on any atom is 0.514 e. The van der Waals surface area contributed by atoms with Crippen LogP contribution in [0.3, 0.4) is 0 Å². The fraction of sp³-hybridized carbons (Fsp3) is 0.500. The second kappa shape index (κ2) is 5.38. The van der Waals surface area contributed by atoms with Crippen LogP contribution in [-0.2, 0) is 11.2 Å². The molecule has 1 aromatic rings. The van der Waals surface area contributed by atoms with Crippen molar-refractivity contribution in [1.29, 1.82) is 0 Å². The number of hydrogen-bond donors (Lipinski definition) is 0. The summed E-state index contributed by atoms with van der Waals surface area (Å²) in [5.41, 5.74) is 0.935. The molecule has 0 fully saturated rings. The van der Waals surface area contributed by atoms with Gasteiger partial charge in [-0.15, -0.1) is 0 Å². The summed E-state index contributed by atoms with van der Waals surface area (Å²) < 4.78 is 23.4. The number of ether oxygens (including phenoxy) is 2. The molecule has 0 aliphatic carbocycles. The van der Waals surface area contributed by atoms with Gasteiger partial charge in [0.05, 0.1) is 0 Å². The zero-order valence-corrected chi connectivity index (χ0v) is 11.5. The molecule has 0 heterocycles. The zero-order chi connectivity index (χ0) is 13.9. The van der Waals surface area contributed by atoms with E-state index in [1.54, 1.807) is 27.7 Å². The molecular formula is C14H19FO3. The van der Waals surface area contributed by atoms with Gasteiger partial charge in [-0.2, -0.15) is 0 Å². The second-order valence-electron chi connectivity index (χ2n) is 5.12. The third kappa shape index (κ3) is 4.02. The van der Waals surface area contributed by atoms with E-state index in [-0.39, 0.29) is 5.75 Å². The summed E-state index contributed by atoms with van der Waals surface area (Å²) in [7, 11) is 0. The molecule has 0 saturated heterocycles. The van der Waals surface area contributed by atoms with E-state index < -0.39 is 17.6 Å². The molecule has 100 valence electrons. The number of halogens is 1. The molecule has 0 amide bonds. The van der Waals surface area contributed by atoms with Gasteiger partial charge in [-0.3, -0.25) is 0 Å². The molecule has 18 heavy (non-hydrogen) atoms. The van der Waals surface area contributed by atoms with Crippen LogP contribution in [0, 0.1) is 12.7 Å². The fourth-order valence-corrected chi connectivity index (χ4v) is 1.65. The molecule has 0 spiro atoms. The molecule has 4 heteroatoms. The lowest BCUT2D eigenvalue weighted by Gasteiger charge is -2.19. The highest BCUT2D eigenvalue weighted by Crippen LogP contribution is 2.25. The van der Waals surface area contributed by atoms with Crippen LogP contribution in [0.15, 0.2) is 12.1 Å². The first kappa shape index (κ1) is 14.5. The van der Waals surface area contributed by atoms with Gasteiger partial charge in [0.1, 0.15) is 17.2 Å². The topological polar surface area (TPSA) is 35.5 Å². The lowest BCUT2D eigenvalue weighted by Crippen LogP contribution is -2.26. The summed E-state index contributed by atoms with van der Waals surface area (Å²) in [6.45, 7) is 8.93. The molecule has 0 radical (unpaired) electrons. The van der Waals surface area contributed by atoms with Crippen molar-refractivity contribution in [3.05, 3.63) is 29.1 Å². The molecule has 0 N–H and O–H groups in total. The van der Waals surface area contributed by atoms with Crippen LogP contribution in [0.1, 0.15) is 38.8 Å². The average Bonchev–Trinajstić information content (AvgIpc) is 2.13. The van der Waals surface area contributed by atoms with Crippen molar-refractivity contribution in [2.75, 3.05) is 0 Å². The molecule has 0 aliphatic heterocycles. The highest BCUT2D eigenvalue weighted by atomic mass is 19.1. The molecule has 1 rings (SSSR count). The van der Waals surface area contributed by atoms with E-state index in [1.807, 2.05) is 6.92 Å². The first-order chi connectivity index (χ1) is 8.23. The van der Waals surface area contributed by atoms with E-state index in [9.17, 15) is 9.18 Å². The van der Waals surface area contributed by atoms with E-state index in [0.717, 1.165) is 11.1 Å². The van der Waals surface area contributed by atoms with Crippen molar-refractivity contribution in [2.24, 2.45) is 0 Å². The molecular weight excluding hydrogens is 235 g/mol. The summed E-state index contributed by atoms with van der Waals surface area (Å²) in [5, 5.41) is 0. The van der Waals surface area contributed by atoms with E-state index >= 15 is 0 Å². The van der Waals surface area contributed by atoms with E-state index in [4.69, 9.17) is 9.47 Å². The van der Waals surface area contributed by atoms with Crippen molar-refractivity contribution in [1.82, 2.24) is 0 Å². The van der Waals surface area contributed by atoms with Crippen molar-refractivity contribution >= 4 is 6.16 Å². The van der Waals surface area contributed by atoms with Gasteiger partial charge in [-0.1, -0.05) is 6.92 Å². The van der Waals surface area contributed by atoms with Crippen molar-refractivity contribution in [2.45, 2.75) is 46.6 Å². The highest BCUT2D eigenvalue weighted by molar-refractivity contribution is 5.65. The zero-order valence-electron chi connectivity index (χ0n) is 11.5. The Kier molecular flexibility index (Phi) is 4.33. The lowest BCUT2D eigenvalue weighted by atomic mass is 10.1. The fourth-order valence-electron chi connectivity index (χ4n) is 1.65. The van der Waals surface area contributed by atoms with Gasteiger partial charge in [0.2, 0.25) is 0 Å². The SMILES string of the molecule is CCc1c(C)cc(F)cc1OC(=O)OC(C)(C)C. The molecule has 0 atom stereocenters. The normalized spacial score (nSPS) is 11.2. The second-order valence-corrected chi connectivity index (χ2v) is 5.12. The number of rotatable bonds is 2. The van der Waals surface area contributed by atoms with Gasteiger partial charge in [-0.25, -0.2) is 9.18 Å². The number of benzene rings is 1. The largest absolute Gasteiger partial charge is 0.514 e. The quantitative estimate of drug-likeness (QED) is 0.591. The maximum atomic E-state index is 13.3. The molecule has 1 aromatic carbocycles. The standard InChI is InChI=1S/C14H19FO3/c1-6-11-9(2)7-10(15)8-12(11)17-13(16)18-14(3,4)5/h7-8H,6H2,1-5H3. The Morgan fingerprint density at radius 2 is 1.94 bits per heavy atom. The monoisotopic (exact) mass is 254 g/mol. The number of carbonyl (C=O) groups is 1. The van der Waals surface area contributed by atoms with Crippen LogP contribution in [0.2, 0.25) is 0 Å². The lowest BCUT2D eigenvalue weighted by molar-refractivity contribution is 0.0204. The van der Waals surface area contributed by atoms with Crippen LogP contribution in [0.25, 0.3) is 0 Å². The van der Waals surface area contributed by atoms with Gasteiger partial charge < -0.3 is 9.47 Å². The number of hydrogen-bond acceptors (Lipinski definition) is 3. The van der Waals surface area contributed by atoms with Gasteiger partial charge in [0.15, 0.2) is 0 Å². The van der Waals surface area contributed by atoms with Crippen LogP contribution in [-0.4, -0.2) is 11.8 Å². The van der Waals surface area contributed by atoms with Crippen LogP contribution >= 0.6 is 0 Å². The number of aryl methyl sites for hydroxylation is 1. The molecule has 0 aliphatic rings. The van der Waals surface area contributed by atoms with Gasteiger partial charge in [-0.05, 0) is 51.3 Å². The molecule has 0 unspecified atom stereocenters. The first-order valence-corrected chi connectivity index (χ1v) is 5.92. The minimum absolute atomic E-state index is 0.226. The third-order valence-electron chi connectivity index (χ3n) is 2.33. The van der Waals surface area contributed by atoms with E-state index in [1.165, 1.54) is 12.1 Å². The Bertz CT molecular complexity index is 447. The molecule has 0 saturated carbocycles. The Labute approximate surface area is 107 Å². The van der Waals surface area contributed by atoms with E-state index in [0.29, 0.717) is 6.42 Å². The first-order valence-electron chi connectivity index (χ1n) is 5.92. The molecule has 0 aromatic heterocycles. The van der Waals surface area contributed by atoms with Crippen LogP contribution < -0.4 is 4.74 Å². The highest BCUT2D eigenvalue weighted by Gasteiger charge is 2.19. The van der Waals surface area contributed by atoms with Gasteiger partial charge in [0, 0.05) is 6.07 Å². The third-order valence-corrected chi connectivity index (χ3v) is 2.33. The minimum Gasteiger partial charge on any atom is -0.428 e. The molecule has 0 bridgehead atoms. The number of carbonyl (C=O) groups excluding carboxylic acids is 1. The molecule has 3 nitrogen and oxygen atoms in total. The van der Waals surface area contributed by atoms with Gasteiger partial charge >= 0.3 is 6.16 Å². The van der Waals surface area contributed by atoms with E-state index in [2.05, 4.69) is 0 Å². The van der Waals surface area contributed by atoms with Crippen LogP contribution in [0.4, 0.5) is 9.18 Å². The summed E-state index contributed by atoms with van der Waals surface area (Å²) >= 11 is 0. The van der Waals surface area contributed by atoms with Crippen molar-refractivity contribution in [3.8, 4) is 5.75 Å².